The van der Waals surface area contributed by atoms with Crippen molar-refractivity contribution in [3.05, 3.63) is 29.8 Å². The summed E-state index contributed by atoms with van der Waals surface area (Å²) < 4.78 is 0. The lowest BCUT2D eigenvalue weighted by atomic mass is 9.96. The number of nitrogens with two attached hydrogens (primary N) is 1. The highest BCUT2D eigenvalue weighted by molar-refractivity contribution is 5.97. The van der Waals surface area contributed by atoms with Crippen molar-refractivity contribution in [3.63, 3.8) is 0 Å². The van der Waals surface area contributed by atoms with Crippen LogP contribution in [0.1, 0.15) is 23.2 Å². The van der Waals surface area contributed by atoms with Crippen molar-refractivity contribution in [3.8, 4) is 0 Å². The SMILES string of the molecule is NC(=O)c1ccc(NC(=O)C2CCNC(=O)C2)cc1. The molecular formula is C13H15N3O3. The molecule has 2 rings (SSSR count). The van der Waals surface area contributed by atoms with E-state index >= 15 is 0 Å². The van der Waals surface area contributed by atoms with E-state index < -0.39 is 5.91 Å². The van der Waals surface area contributed by atoms with Gasteiger partial charge >= 0.3 is 0 Å². The second-order valence-electron chi connectivity index (χ2n) is 4.47. The first kappa shape index (κ1) is 13.1. The zero-order chi connectivity index (χ0) is 13.8. The van der Waals surface area contributed by atoms with Crippen LogP contribution in [0.4, 0.5) is 5.69 Å². The number of rotatable bonds is 3. The summed E-state index contributed by atoms with van der Waals surface area (Å²) in [5.74, 6) is -1.09. The fourth-order valence-electron chi connectivity index (χ4n) is 1.97. The van der Waals surface area contributed by atoms with Crippen LogP contribution >= 0.6 is 0 Å². The van der Waals surface area contributed by atoms with Crippen molar-refractivity contribution < 1.29 is 14.4 Å². The molecule has 0 bridgehead atoms. The van der Waals surface area contributed by atoms with Crippen molar-refractivity contribution in [2.75, 3.05) is 11.9 Å². The van der Waals surface area contributed by atoms with E-state index in [0.717, 1.165) is 0 Å². The van der Waals surface area contributed by atoms with Crippen LogP contribution in [0.25, 0.3) is 0 Å². The quantitative estimate of drug-likeness (QED) is 0.726. The predicted octanol–water partition coefficient (Wildman–Crippen LogP) is 0.250. The van der Waals surface area contributed by atoms with Gasteiger partial charge in [-0.05, 0) is 30.7 Å². The number of benzene rings is 1. The second kappa shape index (κ2) is 5.51. The molecule has 1 saturated heterocycles. The average Bonchev–Trinajstić information content (AvgIpc) is 2.39. The fourth-order valence-corrected chi connectivity index (χ4v) is 1.97. The summed E-state index contributed by atoms with van der Waals surface area (Å²) in [6, 6.07) is 6.32. The van der Waals surface area contributed by atoms with Gasteiger partial charge in [-0.25, -0.2) is 0 Å². The van der Waals surface area contributed by atoms with Crippen LogP contribution in [-0.2, 0) is 9.59 Å². The Hall–Kier alpha value is -2.37. The molecule has 0 saturated carbocycles. The Balaban J connectivity index is 1.98. The van der Waals surface area contributed by atoms with Crippen molar-refractivity contribution in [2.24, 2.45) is 11.7 Å². The lowest BCUT2D eigenvalue weighted by Gasteiger charge is -2.21. The Morgan fingerprint density at radius 3 is 2.53 bits per heavy atom. The van der Waals surface area contributed by atoms with E-state index in [1.807, 2.05) is 0 Å². The summed E-state index contributed by atoms with van der Waals surface area (Å²) in [5, 5.41) is 5.41. The molecule has 1 unspecified atom stereocenters. The zero-order valence-corrected chi connectivity index (χ0v) is 10.3. The highest BCUT2D eigenvalue weighted by Gasteiger charge is 2.25. The lowest BCUT2D eigenvalue weighted by Crippen LogP contribution is -2.38. The molecule has 6 heteroatoms. The summed E-state index contributed by atoms with van der Waals surface area (Å²) in [7, 11) is 0. The molecule has 0 aliphatic carbocycles. The zero-order valence-electron chi connectivity index (χ0n) is 10.3. The van der Waals surface area contributed by atoms with E-state index in [-0.39, 0.29) is 24.2 Å². The Bertz CT molecular complexity index is 510. The predicted molar refractivity (Wildman–Crippen MR) is 69.3 cm³/mol. The maximum Gasteiger partial charge on any atom is 0.248 e. The first-order valence-corrected chi connectivity index (χ1v) is 6.03. The molecule has 4 N–H and O–H groups in total. The van der Waals surface area contributed by atoms with E-state index in [2.05, 4.69) is 10.6 Å². The number of nitrogens with one attached hydrogen (secondary N) is 2. The normalized spacial score (nSPS) is 18.5. The maximum absolute atomic E-state index is 11.9. The number of piperidine rings is 1. The smallest absolute Gasteiger partial charge is 0.248 e. The van der Waals surface area contributed by atoms with Crippen LogP contribution in [0.15, 0.2) is 24.3 Å². The molecule has 1 aromatic carbocycles. The first-order chi connectivity index (χ1) is 9.06. The van der Waals surface area contributed by atoms with Crippen molar-refractivity contribution >= 4 is 23.4 Å². The van der Waals surface area contributed by atoms with E-state index in [1.54, 1.807) is 24.3 Å². The third kappa shape index (κ3) is 3.31. The summed E-state index contributed by atoms with van der Waals surface area (Å²) in [5.41, 5.74) is 6.10. The van der Waals surface area contributed by atoms with Crippen molar-refractivity contribution in [1.29, 1.82) is 0 Å². The molecule has 100 valence electrons. The van der Waals surface area contributed by atoms with Crippen LogP contribution in [-0.4, -0.2) is 24.3 Å². The number of hydrogen-bond acceptors (Lipinski definition) is 3. The Kier molecular flexibility index (Phi) is 3.79. The van der Waals surface area contributed by atoms with Crippen LogP contribution in [0.2, 0.25) is 0 Å². The number of amides is 3. The third-order valence-electron chi connectivity index (χ3n) is 3.05. The van der Waals surface area contributed by atoms with Gasteiger partial charge in [-0.1, -0.05) is 0 Å². The van der Waals surface area contributed by atoms with Gasteiger partial charge in [0.25, 0.3) is 0 Å². The molecule has 19 heavy (non-hydrogen) atoms. The first-order valence-electron chi connectivity index (χ1n) is 6.03. The molecule has 1 aliphatic rings. The van der Waals surface area contributed by atoms with E-state index in [0.29, 0.717) is 24.2 Å². The number of hydrogen-bond donors (Lipinski definition) is 3. The monoisotopic (exact) mass is 261 g/mol. The topological polar surface area (TPSA) is 101 Å². The van der Waals surface area contributed by atoms with Gasteiger partial charge in [-0.15, -0.1) is 0 Å². The molecule has 1 aliphatic heterocycles. The number of carbonyl (C=O) groups excluding carboxylic acids is 3. The Morgan fingerprint density at radius 2 is 1.95 bits per heavy atom. The minimum absolute atomic E-state index is 0.101. The highest BCUT2D eigenvalue weighted by Crippen LogP contribution is 2.16. The van der Waals surface area contributed by atoms with Crippen LogP contribution in [0.5, 0.6) is 0 Å². The van der Waals surface area contributed by atoms with Crippen LogP contribution in [0, 0.1) is 5.92 Å². The van der Waals surface area contributed by atoms with Gasteiger partial charge < -0.3 is 16.4 Å². The molecule has 0 spiro atoms. The molecular weight excluding hydrogens is 246 g/mol. The number of carbonyl (C=O) groups is 3. The molecule has 3 amide bonds. The van der Waals surface area contributed by atoms with Gasteiger partial charge in [0.2, 0.25) is 17.7 Å². The fraction of sp³-hybridized carbons (Fsp3) is 0.308. The van der Waals surface area contributed by atoms with Crippen LogP contribution < -0.4 is 16.4 Å². The Morgan fingerprint density at radius 1 is 1.26 bits per heavy atom. The van der Waals surface area contributed by atoms with Gasteiger partial charge in [-0.3, -0.25) is 14.4 Å². The minimum atomic E-state index is -0.512. The van der Waals surface area contributed by atoms with Gasteiger partial charge in [-0.2, -0.15) is 0 Å². The molecule has 0 aromatic heterocycles. The van der Waals surface area contributed by atoms with Gasteiger partial charge in [0, 0.05) is 30.1 Å². The van der Waals surface area contributed by atoms with Gasteiger partial charge in [0.15, 0.2) is 0 Å². The minimum Gasteiger partial charge on any atom is -0.366 e. The van der Waals surface area contributed by atoms with Crippen molar-refractivity contribution in [2.45, 2.75) is 12.8 Å². The second-order valence-corrected chi connectivity index (χ2v) is 4.47. The summed E-state index contributed by atoms with van der Waals surface area (Å²) >= 11 is 0. The average molecular weight is 261 g/mol. The van der Waals surface area contributed by atoms with Crippen LogP contribution in [0.3, 0.4) is 0 Å². The summed E-state index contributed by atoms with van der Waals surface area (Å²) in [6.45, 7) is 0.525. The standard InChI is InChI=1S/C13H15N3O3/c14-12(18)8-1-3-10(4-2-8)16-13(19)9-5-6-15-11(17)7-9/h1-4,9H,5-7H2,(H2,14,18)(H,15,17)(H,16,19). The van der Waals surface area contributed by atoms with E-state index in [1.165, 1.54) is 0 Å². The molecule has 1 heterocycles. The molecule has 0 radical (unpaired) electrons. The van der Waals surface area contributed by atoms with E-state index in [4.69, 9.17) is 5.73 Å². The molecule has 1 atom stereocenters. The lowest BCUT2D eigenvalue weighted by molar-refractivity contribution is -0.129. The van der Waals surface area contributed by atoms with Gasteiger partial charge in [0.1, 0.15) is 0 Å². The molecule has 6 nitrogen and oxygen atoms in total. The van der Waals surface area contributed by atoms with Crippen molar-refractivity contribution in [1.82, 2.24) is 5.32 Å². The highest BCUT2D eigenvalue weighted by atomic mass is 16.2. The number of primary amides is 1. The maximum atomic E-state index is 11.9. The third-order valence-corrected chi connectivity index (χ3v) is 3.05. The summed E-state index contributed by atoms with van der Waals surface area (Å²) in [6.07, 6.45) is 0.849. The van der Waals surface area contributed by atoms with Gasteiger partial charge in [0.05, 0.1) is 0 Å². The largest absolute Gasteiger partial charge is 0.366 e. The molecule has 1 aromatic rings. The molecule has 1 fully saturated rings. The number of anilines is 1. The Labute approximate surface area is 110 Å². The van der Waals surface area contributed by atoms with E-state index in [9.17, 15) is 14.4 Å². The summed E-state index contributed by atoms with van der Waals surface area (Å²) in [4.78, 5) is 34.1.